The molecule has 0 aromatic heterocycles. The summed E-state index contributed by atoms with van der Waals surface area (Å²) >= 11 is 0. The van der Waals surface area contributed by atoms with E-state index in [4.69, 9.17) is 0 Å². The Morgan fingerprint density at radius 1 is 0.952 bits per heavy atom. The van der Waals surface area contributed by atoms with Crippen LogP contribution in [0.4, 0.5) is 17.7 Å². The summed E-state index contributed by atoms with van der Waals surface area (Å²) in [4.78, 5) is 23.0. The zero-order valence-electron chi connectivity index (χ0n) is 9.95. The fourth-order valence-corrected chi connectivity index (χ4v) is 0.337. The molecule has 0 aromatic rings. The average molecular weight is 322 g/mol. The number of hydrogen-bond acceptors (Lipinski definition) is 5. The number of esters is 2. The Bertz CT molecular complexity index is 226. The van der Waals surface area contributed by atoms with Crippen molar-refractivity contribution >= 4 is 11.9 Å². The van der Waals surface area contributed by atoms with E-state index in [1.807, 2.05) is 0 Å². The first-order valence-electron chi connectivity index (χ1n) is 4.53. The van der Waals surface area contributed by atoms with Crippen LogP contribution in [-0.4, -0.2) is 38.9 Å². The summed E-state index contributed by atoms with van der Waals surface area (Å²) in [6.45, 7) is 2.94. The third kappa shape index (κ3) is 46.0. The minimum absolute atomic E-state index is 0. The smallest absolute Gasteiger partial charge is 0.332 e. The highest BCUT2D eigenvalue weighted by Crippen LogP contribution is 1.79. The van der Waals surface area contributed by atoms with E-state index in [2.05, 4.69) is 27.6 Å². The second-order valence-corrected chi connectivity index (χ2v) is 2.06. The Morgan fingerprint density at radius 3 is 1.62 bits per heavy atom. The van der Waals surface area contributed by atoms with Gasteiger partial charge in [0.25, 0.3) is 0 Å². The highest BCUT2D eigenvalue weighted by Gasteiger charge is 1.91. The first kappa shape index (κ1) is 31.5. The van der Waals surface area contributed by atoms with Crippen molar-refractivity contribution < 1.29 is 41.7 Å². The highest BCUT2D eigenvalue weighted by molar-refractivity contribution is 5.81. The summed E-state index contributed by atoms with van der Waals surface area (Å²) in [6, 6.07) is 0. The normalized spacial score (nSPS) is 7.05. The first-order valence-corrected chi connectivity index (χ1v) is 4.53. The van der Waals surface area contributed by atoms with Gasteiger partial charge in [-0.3, -0.25) is 0 Å². The highest BCUT2D eigenvalue weighted by atomic mass is 19.3. The van der Waals surface area contributed by atoms with E-state index in [1.54, 1.807) is 0 Å². The molecule has 0 N–H and O–H groups in total. The van der Waals surface area contributed by atoms with Gasteiger partial charge in [0, 0.05) is 12.2 Å². The van der Waals surface area contributed by atoms with Gasteiger partial charge in [-0.15, -0.1) is 0 Å². The Balaban J connectivity index is -0.0000000634. The van der Waals surface area contributed by atoms with Crippen LogP contribution in [-0.2, 0) is 24.0 Å². The molecule has 0 heterocycles. The van der Waals surface area contributed by atoms with Crippen molar-refractivity contribution in [2.24, 2.45) is 0 Å². The van der Waals surface area contributed by atoms with Crippen LogP contribution >= 0.6 is 0 Å². The van der Waals surface area contributed by atoms with Crippen molar-refractivity contribution in [3.05, 3.63) is 25.3 Å². The molecule has 0 unspecified atom stereocenters. The van der Waals surface area contributed by atoms with Crippen LogP contribution in [0.2, 0.25) is 0 Å². The van der Waals surface area contributed by atoms with Crippen molar-refractivity contribution in [2.45, 2.75) is 14.9 Å². The van der Waals surface area contributed by atoms with Crippen LogP contribution in [0.1, 0.15) is 14.9 Å². The maximum absolute atomic E-state index is 11.2. The van der Waals surface area contributed by atoms with Crippen LogP contribution in [0, 0.1) is 0 Å². The predicted molar refractivity (Wildman–Crippen MR) is 71.0 cm³/mol. The SMILES string of the molecule is C.C.C=CC(=O)OCCF.C=CC(=O)OCOF.FCF. The lowest BCUT2D eigenvalue weighted by molar-refractivity contribution is -0.210. The molecule has 128 valence electrons. The third-order valence-corrected chi connectivity index (χ3v) is 0.901. The lowest BCUT2D eigenvalue weighted by atomic mass is 10.6. The molecule has 0 aliphatic carbocycles. The fourth-order valence-electron chi connectivity index (χ4n) is 0.337. The maximum Gasteiger partial charge on any atom is 0.332 e. The largest absolute Gasteiger partial charge is 0.460 e. The van der Waals surface area contributed by atoms with Crippen LogP contribution in [0.25, 0.3) is 0 Å². The van der Waals surface area contributed by atoms with Crippen molar-refractivity contribution in [1.82, 2.24) is 0 Å². The van der Waals surface area contributed by atoms with Gasteiger partial charge in [0.1, 0.15) is 13.3 Å². The summed E-state index contributed by atoms with van der Waals surface area (Å²) in [6.07, 6.45) is 1.91. The number of carbonyl (C=O) groups excluding carboxylic acids is 2. The molecule has 0 spiro atoms. The Morgan fingerprint density at radius 2 is 1.33 bits per heavy atom. The number of ether oxygens (including phenoxy) is 2. The van der Waals surface area contributed by atoms with E-state index in [0.717, 1.165) is 12.2 Å². The molecule has 0 aliphatic rings. The summed E-state index contributed by atoms with van der Waals surface area (Å²) in [5.74, 6) is -1.29. The Hall–Kier alpha value is -1.90. The lowest BCUT2D eigenvalue weighted by Crippen LogP contribution is -2.02. The van der Waals surface area contributed by atoms with E-state index in [0.29, 0.717) is 0 Å². The summed E-state index contributed by atoms with van der Waals surface area (Å²) in [5, 5.41) is 0. The van der Waals surface area contributed by atoms with Gasteiger partial charge in [-0.2, -0.15) is 4.94 Å². The lowest BCUT2D eigenvalue weighted by Gasteiger charge is -1.93. The minimum Gasteiger partial charge on any atom is -0.460 e. The van der Waals surface area contributed by atoms with Gasteiger partial charge in [0.15, 0.2) is 0 Å². The van der Waals surface area contributed by atoms with Crippen molar-refractivity contribution in [3.8, 4) is 0 Å². The zero-order chi connectivity index (χ0) is 15.5. The molecule has 21 heavy (non-hydrogen) atoms. The molecule has 0 rings (SSSR count). The number of hydrogen-bond donors (Lipinski definition) is 0. The number of rotatable bonds is 6. The topological polar surface area (TPSA) is 61.8 Å². The van der Waals surface area contributed by atoms with E-state index in [1.165, 1.54) is 0 Å². The fraction of sp³-hybridized carbons (Fsp3) is 0.500. The van der Waals surface area contributed by atoms with Crippen molar-refractivity contribution in [2.75, 3.05) is 27.0 Å². The van der Waals surface area contributed by atoms with Gasteiger partial charge >= 0.3 is 11.9 Å². The number of halogens is 4. The maximum atomic E-state index is 11.2. The van der Waals surface area contributed by atoms with Crippen LogP contribution in [0.3, 0.4) is 0 Å². The standard InChI is InChI=1S/C5H7FO2.C4H5FO3.CH2F2.2CH4/c1-2-5(7)8-4-3-6;1-2-4(6)7-3-8-5;2-1-3;;/h2H,1,3-4H2;2H,1,3H2;1H2;2*1H4. The van der Waals surface area contributed by atoms with E-state index in [9.17, 15) is 27.3 Å². The van der Waals surface area contributed by atoms with Gasteiger partial charge in [-0.1, -0.05) is 28.0 Å². The molecule has 0 aromatic carbocycles. The van der Waals surface area contributed by atoms with Crippen molar-refractivity contribution in [3.63, 3.8) is 0 Å². The number of alkyl halides is 3. The molecule has 0 bridgehead atoms. The van der Waals surface area contributed by atoms with Gasteiger partial charge in [0.05, 0.1) is 0 Å². The average Bonchev–Trinajstić information content (AvgIpc) is 2.43. The molecule has 0 saturated heterocycles. The summed E-state index contributed by atoms with van der Waals surface area (Å²) in [5.41, 5.74) is 0. The minimum atomic E-state index is -1.75. The molecular formula is C12H22F4O5. The quantitative estimate of drug-likeness (QED) is 0.324. The molecule has 0 aliphatic heterocycles. The Kier molecular flexibility index (Phi) is 46.2. The first-order chi connectivity index (χ1) is 9.03. The van der Waals surface area contributed by atoms with E-state index < -0.39 is 32.3 Å². The Labute approximate surface area is 122 Å². The molecule has 0 atom stereocenters. The summed E-state index contributed by atoms with van der Waals surface area (Å²) in [7, 11) is 0. The second-order valence-electron chi connectivity index (χ2n) is 2.06. The molecule has 5 nitrogen and oxygen atoms in total. The van der Waals surface area contributed by atoms with Gasteiger partial charge < -0.3 is 9.47 Å². The summed E-state index contributed by atoms with van der Waals surface area (Å²) < 4.78 is 49.3. The van der Waals surface area contributed by atoms with Crippen molar-refractivity contribution in [1.29, 1.82) is 0 Å². The second kappa shape index (κ2) is 30.8. The molecule has 0 amide bonds. The van der Waals surface area contributed by atoms with Crippen LogP contribution in [0.15, 0.2) is 25.3 Å². The van der Waals surface area contributed by atoms with Gasteiger partial charge in [-0.25, -0.2) is 22.8 Å². The predicted octanol–water partition coefficient (Wildman–Crippen LogP) is 3.41. The van der Waals surface area contributed by atoms with E-state index >= 15 is 0 Å². The van der Waals surface area contributed by atoms with Crippen LogP contribution in [0.5, 0.6) is 0 Å². The van der Waals surface area contributed by atoms with Gasteiger partial charge in [0.2, 0.25) is 13.7 Å². The molecule has 0 radical (unpaired) electrons. The van der Waals surface area contributed by atoms with E-state index in [-0.39, 0.29) is 21.5 Å². The van der Waals surface area contributed by atoms with Crippen LogP contribution < -0.4 is 0 Å². The third-order valence-electron chi connectivity index (χ3n) is 0.901. The number of carbonyl (C=O) groups is 2. The zero-order valence-corrected chi connectivity index (χ0v) is 9.95. The molecule has 0 fully saturated rings. The molecule has 9 heteroatoms. The monoisotopic (exact) mass is 322 g/mol. The molecular weight excluding hydrogens is 300 g/mol. The molecule has 0 saturated carbocycles. The van der Waals surface area contributed by atoms with Gasteiger partial charge in [-0.05, 0) is 4.53 Å².